The molecule has 0 aliphatic carbocycles. The van der Waals surface area contributed by atoms with Gasteiger partial charge >= 0.3 is 0 Å². The van der Waals surface area contributed by atoms with Crippen molar-refractivity contribution in [2.24, 2.45) is 0 Å². The molecule has 3 aromatic carbocycles. The van der Waals surface area contributed by atoms with Crippen LogP contribution in [0.5, 0.6) is 0 Å². The predicted molar refractivity (Wildman–Crippen MR) is 153 cm³/mol. The molecule has 0 spiro atoms. The first kappa shape index (κ1) is 29.8. The maximum absolute atomic E-state index is 14.0. The van der Waals surface area contributed by atoms with E-state index in [1.54, 1.807) is 43.3 Å². The molecule has 0 aliphatic heterocycles. The van der Waals surface area contributed by atoms with Crippen molar-refractivity contribution in [1.29, 1.82) is 0 Å². The van der Waals surface area contributed by atoms with Crippen molar-refractivity contribution >= 4 is 62.3 Å². The molecule has 0 unspecified atom stereocenters. The number of nitrogens with zero attached hydrogens (tertiary/aromatic N) is 2. The Morgan fingerprint density at radius 3 is 2.05 bits per heavy atom. The van der Waals surface area contributed by atoms with Crippen LogP contribution in [0.2, 0.25) is 15.1 Å². The number of anilines is 1. The SMILES string of the molecule is CNC(=O)[C@@H](Cc1ccccc1)N(Cc1c(Cl)cccc1Cl)C(=O)CN(c1cccc(Cl)c1C)S(C)(=O)=O. The van der Waals surface area contributed by atoms with Gasteiger partial charge in [0.05, 0.1) is 11.9 Å². The molecule has 0 saturated heterocycles. The van der Waals surface area contributed by atoms with Crippen LogP contribution in [0.1, 0.15) is 16.7 Å². The summed E-state index contributed by atoms with van der Waals surface area (Å²) >= 11 is 19.1. The van der Waals surface area contributed by atoms with Crippen molar-refractivity contribution in [1.82, 2.24) is 10.2 Å². The van der Waals surface area contributed by atoms with E-state index >= 15 is 0 Å². The molecule has 3 aromatic rings. The first-order valence-corrected chi connectivity index (χ1v) is 14.6. The van der Waals surface area contributed by atoms with Crippen LogP contribution in [0, 0.1) is 6.92 Å². The summed E-state index contributed by atoms with van der Waals surface area (Å²) in [6.07, 6.45) is 1.19. The van der Waals surface area contributed by atoms with Gasteiger partial charge in [-0.25, -0.2) is 8.42 Å². The summed E-state index contributed by atoms with van der Waals surface area (Å²) < 4.78 is 26.7. The number of halogens is 3. The van der Waals surface area contributed by atoms with Gasteiger partial charge in [0.15, 0.2) is 0 Å². The highest BCUT2D eigenvalue weighted by Gasteiger charge is 2.33. The monoisotopic (exact) mass is 595 g/mol. The van der Waals surface area contributed by atoms with Crippen molar-refractivity contribution in [3.05, 3.63) is 98.5 Å². The van der Waals surface area contributed by atoms with Crippen molar-refractivity contribution in [2.75, 3.05) is 24.2 Å². The summed E-state index contributed by atoms with van der Waals surface area (Å²) in [5.74, 6) is -1.04. The topological polar surface area (TPSA) is 86.8 Å². The van der Waals surface area contributed by atoms with Crippen LogP contribution < -0.4 is 9.62 Å². The van der Waals surface area contributed by atoms with E-state index in [1.807, 2.05) is 30.3 Å². The molecule has 0 bridgehead atoms. The fourth-order valence-electron chi connectivity index (χ4n) is 4.04. The highest BCUT2D eigenvalue weighted by atomic mass is 35.5. The molecule has 0 saturated carbocycles. The van der Waals surface area contributed by atoms with Gasteiger partial charge in [0.25, 0.3) is 0 Å². The number of amides is 2. The smallest absolute Gasteiger partial charge is 0.244 e. The molecular formula is C27H28Cl3N3O4S. The third-order valence-corrected chi connectivity index (χ3v) is 8.34. The molecule has 0 radical (unpaired) electrons. The molecule has 7 nitrogen and oxygen atoms in total. The fourth-order valence-corrected chi connectivity index (χ4v) is 5.62. The molecule has 0 fully saturated rings. The Labute approximate surface area is 238 Å². The Morgan fingerprint density at radius 2 is 1.47 bits per heavy atom. The number of carbonyl (C=O) groups excluding carboxylic acids is 2. The van der Waals surface area contributed by atoms with Crippen LogP contribution in [0.3, 0.4) is 0 Å². The maximum Gasteiger partial charge on any atom is 0.244 e. The molecule has 11 heteroatoms. The zero-order chi connectivity index (χ0) is 28.0. The summed E-state index contributed by atoms with van der Waals surface area (Å²) in [5.41, 5.74) is 2.02. The number of sulfonamides is 1. The lowest BCUT2D eigenvalue weighted by atomic mass is 10.0. The van der Waals surface area contributed by atoms with E-state index in [-0.39, 0.29) is 18.7 Å². The normalized spacial score (nSPS) is 12.1. The lowest BCUT2D eigenvalue weighted by Crippen LogP contribution is -2.53. The summed E-state index contributed by atoms with van der Waals surface area (Å²) in [6.45, 7) is 0.989. The number of nitrogens with one attached hydrogen (secondary N) is 1. The summed E-state index contributed by atoms with van der Waals surface area (Å²) in [5, 5.41) is 3.61. The first-order valence-electron chi connectivity index (χ1n) is 11.6. The molecule has 2 amide bonds. The van der Waals surface area contributed by atoms with Gasteiger partial charge in [0.2, 0.25) is 21.8 Å². The van der Waals surface area contributed by atoms with Crippen LogP contribution in [-0.4, -0.2) is 51.0 Å². The molecular weight excluding hydrogens is 569 g/mol. The molecule has 1 N–H and O–H groups in total. The van der Waals surface area contributed by atoms with Gasteiger partial charge in [-0.3, -0.25) is 13.9 Å². The van der Waals surface area contributed by atoms with Gasteiger partial charge in [0, 0.05) is 40.6 Å². The van der Waals surface area contributed by atoms with E-state index in [0.717, 1.165) is 16.1 Å². The summed E-state index contributed by atoms with van der Waals surface area (Å²) in [7, 11) is -2.44. The van der Waals surface area contributed by atoms with E-state index in [0.29, 0.717) is 26.2 Å². The maximum atomic E-state index is 14.0. The van der Waals surface area contributed by atoms with Crippen molar-refractivity contribution in [3.63, 3.8) is 0 Å². The molecule has 0 aromatic heterocycles. The summed E-state index contributed by atoms with van der Waals surface area (Å²) in [6, 6.07) is 18.0. The van der Waals surface area contributed by atoms with E-state index in [4.69, 9.17) is 34.8 Å². The number of carbonyl (C=O) groups is 2. The van der Waals surface area contributed by atoms with Crippen LogP contribution in [0.4, 0.5) is 5.69 Å². The largest absolute Gasteiger partial charge is 0.357 e. The zero-order valence-electron chi connectivity index (χ0n) is 21.1. The first-order chi connectivity index (χ1) is 17.9. The van der Waals surface area contributed by atoms with E-state index < -0.39 is 34.4 Å². The van der Waals surface area contributed by atoms with Crippen molar-refractivity contribution < 1.29 is 18.0 Å². The second-order valence-electron chi connectivity index (χ2n) is 8.70. The number of hydrogen-bond donors (Lipinski definition) is 1. The van der Waals surface area contributed by atoms with Gasteiger partial charge in [0.1, 0.15) is 12.6 Å². The Hall–Kier alpha value is -2.78. The summed E-state index contributed by atoms with van der Waals surface area (Å²) in [4.78, 5) is 28.4. The number of benzene rings is 3. The van der Waals surface area contributed by atoms with Crippen LogP contribution in [0.25, 0.3) is 0 Å². The van der Waals surface area contributed by atoms with Gasteiger partial charge in [-0.2, -0.15) is 0 Å². The van der Waals surface area contributed by atoms with Crippen molar-refractivity contribution in [2.45, 2.75) is 25.9 Å². The minimum atomic E-state index is -3.91. The van der Waals surface area contributed by atoms with Gasteiger partial charge in [-0.05, 0) is 42.3 Å². The van der Waals surface area contributed by atoms with E-state index in [1.165, 1.54) is 11.9 Å². The minimum absolute atomic E-state index is 0.117. The number of hydrogen-bond acceptors (Lipinski definition) is 4. The molecule has 1 atom stereocenters. The number of rotatable bonds is 10. The lowest BCUT2D eigenvalue weighted by Gasteiger charge is -2.34. The third-order valence-electron chi connectivity index (χ3n) is 6.09. The molecule has 202 valence electrons. The van der Waals surface area contributed by atoms with Crippen LogP contribution in [-0.2, 0) is 32.6 Å². The molecule has 0 aliphatic rings. The second kappa shape index (κ2) is 12.8. The van der Waals surface area contributed by atoms with Gasteiger partial charge in [-0.1, -0.05) is 77.3 Å². The Balaban J connectivity index is 2.10. The van der Waals surface area contributed by atoms with E-state index in [2.05, 4.69) is 5.32 Å². The third kappa shape index (κ3) is 7.20. The number of likely N-dealkylation sites (N-methyl/N-ethyl adjacent to an activating group) is 1. The zero-order valence-corrected chi connectivity index (χ0v) is 24.2. The van der Waals surface area contributed by atoms with E-state index in [9.17, 15) is 18.0 Å². The van der Waals surface area contributed by atoms with Gasteiger partial charge in [-0.15, -0.1) is 0 Å². The standard InChI is InChI=1S/C27H28Cl3N3O4S/c1-18-21(28)11-8-14-24(18)33(38(3,36)37)17-26(34)32(16-20-22(29)12-7-13-23(20)30)25(27(35)31-2)15-19-9-5-4-6-10-19/h4-14,25H,15-17H2,1-3H3,(H,31,35)/t25-/m1/s1. The minimum Gasteiger partial charge on any atom is -0.357 e. The fraction of sp³-hybridized carbons (Fsp3) is 0.259. The lowest BCUT2D eigenvalue weighted by molar-refractivity contribution is -0.139. The molecule has 38 heavy (non-hydrogen) atoms. The quantitative estimate of drug-likeness (QED) is 0.353. The average molecular weight is 597 g/mol. The average Bonchev–Trinajstić information content (AvgIpc) is 2.87. The highest BCUT2D eigenvalue weighted by molar-refractivity contribution is 7.92. The van der Waals surface area contributed by atoms with Crippen LogP contribution in [0.15, 0.2) is 66.7 Å². The van der Waals surface area contributed by atoms with Crippen LogP contribution >= 0.6 is 34.8 Å². The van der Waals surface area contributed by atoms with Gasteiger partial charge < -0.3 is 10.2 Å². The Bertz CT molecular complexity index is 1400. The molecule has 3 rings (SSSR count). The Kier molecular flexibility index (Phi) is 10.1. The predicted octanol–water partition coefficient (Wildman–Crippen LogP) is 5.11. The highest BCUT2D eigenvalue weighted by Crippen LogP contribution is 2.30. The second-order valence-corrected chi connectivity index (χ2v) is 11.8. The molecule has 0 heterocycles. The Morgan fingerprint density at radius 1 is 0.895 bits per heavy atom. The van der Waals surface area contributed by atoms with Crippen molar-refractivity contribution in [3.8, 4) is 0 Å².